The first-order valence-electron chi connectivity index (χ1n) is 7.70. The van der Waals surface area contributed by atoms with Gasteiger partial charge in [-0.1, -0.05) is 42.5 Å². The molecular weight excluding hydrogens is 304 g/mol. The monoisotopic (exact) mass is 324 g/mol. The molecule has 2 N–H and O–H groups in total. The lowest BCUT2D eigenvalue weighted by Gasteiger charge is -2.20. The molecule has 2 rings (SSSR count). The van der Waals surface area contributed by atoms with Crippen LogP contribution in [0.2, 0.25) is 0 Å². The number of nitrogens with one attached hydrogen (secondary N) is 1. The van der Waals surface area contributed by atoms with E-state index in [-0.39, 0.29) is 6.04 Å². The second-order valence-electron chi connectivity index (χ2n) is 5.35. The van der Waals surface area contributed by atoms with Crippen LogP contribution >= 0.6 is 0 Å². The summed E-state index contributed by atoms with van der Waals surface area (Å²) in [5.41, 5.74) is 1.36. The molecule has 1 amide bonds. The lowest BCUT2D eigenvalue weighted by molar-refractivity contribution is -0.130. The molecule has 0 saturated heterocycles. The number of amides is 1. The highest BCUT2D eigenvalue weighted by molar-refractivity contribution is 5.82. The van der Waals surface area contributed by atoms with Crippen LogP contribution in [0.4, 0.5) is 0 Å². The number of benzene rings is 2. The van der Waals surface area contributed by atoms with E-state index in [1.165, 1.54) is 7.11 Å². The summed E-state index contributed by atoms with van der Waals surface area (Å²) in [6, 6.07) is 17.9. The van der Waals surface area contributed by atoms with Gasteiger partial charge in [0.1, 0.15) is 5.75 Å². The maximum absolute atomic E-state index is 12.4. The van der Waals surface area contributed by atoms with Crippen LogP contribution < -0.4 is 10.1 Å². The highest BCUT2D eigenvalue weighted by Crippen LogP contribution is 2.22. The van der Waals surface area contributed by atoms with Gasteiger partial charge in [-0.05, 0) is 29.7 Å². The first-order chi connectivity index (χ1) is 11.7. The molecule has 2 unspecified atom stereocenters. The lowest BCUT2D eigenvalue weighted by Crippen LogP contribution is -2.33. The van der Waals surface area contributed by atoms with Crippen molar-refractivity contribution < 1.29 is 14.6 Å². The number of hydrogen-bond donors (Lipinski definition) is 2. The van der Waals surface area contributed by atoms with Crippen molar-refractivity contribution in [2.24, 2.45) is 0 Å². The fourth-order valence-electron chi connectivity index (χ4n) is 2.43. The number of aliphatic hydroxyl groups excluding tert-OH is 1. The molecule has 0 heterocycles. The summed E-state index contributed by atoms with van der Waals surface area (Å²) in [4.78, 5) is 12.4. The van der Waals surface area contributed by atoms with Gasteiger partial charge in [-0.2, -0.15) is 5.26 Å². The van der Waals surface area contributed by atoms with Gasteiger partial charge in [0.05, 0.1) is 19.2 Å². The third-order valence-corrected chi connectivity index (χ3v) is 3.72. The SMILES string of the molecule is COc1cccc(C(O)C(=O)NC(CCC#N)c2ccccc2)c1. The van der Waals surface area contributed by atoms with Crippen molar-refractivity contribution in [3.8, 4) is 11.8 Å². The van der Waals surface area contributed by atoms with Gasteiger partial charge in [-0.15, -0.1) is 0 Å². The topological polar surface area (TPSA) is 82.3 Å². The molecule has 5 nitrogen and oxygen atoms in total. The number of methoxy groups -OCH3 is 1. The van der Waals surface area contributed by atoms with Crippen molar-refractivity contribution in [3.05, 3.63) is 65.7 Å². The predicted octanol–water partition coefficient (Wildman–Crippen LogP) is 2.89. The maximum Gasteiger partial charge on any atom is 0.253 e. The smallest absolute Gasteiger partial charge is 0.253 e. The number of hydrogen-bond acceptors (Lipinski definition) is 4. The van der Waals surface area contributed by atoms with Gasteiger partial charge in [-0.3, -0.25) is 4.79 Å². The van der Waals surface area contributed by atoms with Crippen LogP contribution in [-0.2, 0) is 4.79 Å². The summed E-state index contributed by atoms with van der Waals surface area (Å²) in [7, 11) is 1.53. The Morgan fingerprint density at radius 3 is 2.58 bits per heavy atom. The maximum atomic E-state index is 12.4. The van der Waals surface area contributed by atoms with E-state index in [1.807, 2.05) is 30.3 Å². The third-order valence-electron chi connectivity index (χ3n) is 3.72. The molecule has 0 spiro atoms. The normalized spacial score (nSPS) is 12.7. The van der Waals surface area contributed by atoms with Crippen LogP contribution in [0.5, 0.6) is 5.75 Å². The van der Waals surface area contributed by atoms with Crippen molar-refractivity contribution >= 4 is 5.91 Å². The first kappa shape index (κ1) is 17.5. The zero-order chi connectivity index (χ0) is 17.4. The Kier molecular flexibility index (Phi) is 6.35. The molecule has 2 atom stereocenters. The lowest BCUT2D eigenvalue weighted by atomic mass is 10.0. The third kappa shape index (κ3) is 4.58. The number of carbonyl (C=O) groups excluding carboxylic acids is 1. The van der Waals surface area contributed by atoms with Crippen LogP contribution in [-0.4, -0.2) is 18.1 Å². The van der Waals surface area contributed by atoms with Crippen LogP contribution in [0.25, 0.3) is 0 Å². The van der Waals surface area contributed by atoms with Gasteiger partial charge in [0.25, 0.3) is 5.91 Å². The molecule has 0 aliphatic carbocycles. The van der Waals surface area contributed by atoms with Gasteiger partial charge in [0.15, 0.2) is 6.10 Å². The number of rotatable bonds is 7. The minimum atomic E-state index is -1.30. The molecule has 24 heavy (non-hydrogen) atoms. The van der Waals surface area contributed by atoms with E-state index < -0.39 is 12.0 Å². The average molecular weight is 324 g/mol. The van der Waals surface area contributed by atoms with E-state index in [4.69, 9.17) is 10.00 Å². The van der Waals surface area contributed by atoms with Crippen molar-refractivity contribution in [2.45, 2.75) is 25.0 Å². The summed E-state index contributed by atoms with van der Waals surface area (Å²) in [5.74, 6) is 0.0680. The Hall–Kier alpha value is -2.84. The standard InChI is InChI=1S/C19H20N2O3/c1-24-16-10-5-9-15(13-16)18(22)19(23)21-17(11-6-12-20)14-7-3-2-4-8-14/h2-5,7-10,13,17-18,22H,6,11H2,1H3,(H,21,23). The minimum Gasteiger partial charge on any atom is -0.497 e. The van der Waals surface area contributed by atoms with Gasteiger partial charge in [-0.25, -0.2) is 0 Å². The Bertz CT molecular complexity index is 710. The molecule has 5 heteroatoms. The fourth-order valence-corrected chi connectivity index (χ4v) is 2.43. The number of carbonyl (C=O) groups is 1. The van der Waals surface area contributed by atoms with Crippen molar-refractivity contribution in [3.63, 3.8) is 0 Å². The van der Waals surface area contributed by atoms with E-state index in [0.717, 1.165) is 5.56 Å². The molecule has 0 bridgehead atoms. The number of nitriles is 1. The molecular formula is C19H20N2O3. The average Bonchev–Trinajstić information content (AvgIpc) is 2.65. The number of aliphatic hydroxyl groups is 1. The number of nitrogens with zero attached hydrogens (tertiary/aromatic N) is 1. The fraction of sp³-hybridized carbons (Fsp3) is 0.263. The predicted molar refractivity (Wildman–Crippen MR) is 90.1 cm³/mol. The molecule has 0 aromatic heterocycles. The van der Waals surface area contributed by atoms with Gasteiger partial charge < -0.3 is 15.2 Å². The van der Waals surface area contributed by atoms with Gasteiger partial charge in [0, 0.05) is 6.42 Å². The second-order valence-corrected chi connectivity index (χ2v) is 5.35. The van der Waals surface area contributed by atoms with E-state index in [9.17, 15) is 9.90 Å². The van der Waals surface area contributed by atoms with Crippen molar-refractivity contribution in [1.29, 1.82) is 5.26 Å². The molecule has 0 radical (unpaired) electrons. The first-order valence-corrected chi connectivity index (χ1v) is 7.70. The Labute approximate surface area is 141 Å². The molecule has 2 aromatic carbocycles. The molecule has 0 saturated carbocycles. The highest BCUT2D eigenvalue weighted by Gasteiger charge is 2.22. The zero-order valence-electron chi connectivity index (χ0n) is 13.5. The summed E-state index contributed by atoms with van der Waals surface area (Å²) >= 11 is 0. The largest absolute Gasteiger partial charge is 0.497 e. The summed E-state index contributed by atoms with van der Waals surface area (Å²) in [6.07, 6.45) is -0.500. The molecule has 0 fully saturated rings. The summed E-state index contributed by atoms with van der Waals surface area (Å²) < 4.78 is 5.11. The zero-order valence-corrected chi connectivity index (χ0v) is 13.5. The number of ether oxygens (including phenoxy) is 1. The molecule has 2 aromatic rings. The van der Waals surface area contributed by atoms with Crippen LogP contribution in [0.3, 0.4) is 0 Å². The van der Waals surface area contributed by atoms with E-state index >= 15 is 0 Å². The molecule has 0 aliphatic rings. The minimum absolute atomic E-state index is 0.315. The Morgan fingerprint density at radius 2 is 1.92 bits per heavy atom. The second kappa shape index (κ2) is 8.70. The van der Waals surface area contributed by atoms with E-state index in [2.05, 4.69) is 11.4 Å². The Morgan fingerprint density at radius 1 is 1.21 bits per heavy atom. The summed E-state index contributed by atoms with van der Waals surface area (Å²) in [6.45, 7) is 0. The van der Waals surface area contributed by atoms with E-state index in [1.54, 1.807) is 24.3 Å². The Balaban J connectivity index is 2.13. The van der Waals surface area contributed by atoms with Gasteiger partial charge in [0.2, 0.25) is 0 Å². The van der Waals surface area contributed by atoms with Gasteiger partial charge >= 0.3 is 0 Å². The molecule has 124 valence electrons. The summed E-state index contributed by atoms with van der Waals surface area (Å²) in [5, 5.41) is 21.9. The van der Waals surface area contributed by atoms with Crippen molar-refractivity contribution in [1.82, 2.24) is 5.32 Å². The van der Waals surface area contributed by atoms with Crippen LogP contribution in [0.15, 0.2) is 54.6 Å². The van der Waals surface area contributed by atoms with Crippen LogP contribution in [0, 0.1) is 11.3 Å². The molecule has 0 aliphatic heterocycles. The van der Waals surface area contributed by atoms with Crippen molar-refractivity contribution in [2.75, 3.05) is 7.11 Å². The quantitative estimate of drug-likeness (QED) is 0.820. The van der Waals surface area contributed by atoms with Crippen LogP contribution in [0.1, 0.15) is 36.1 Å². The van der Waals surface area contributed by atoms with E-state index in [0.29, 0.717) is 24.2 Å². The highest BCUT2D eigenvalue weighted by atomic mass is 16.5.